The first-order valence-corrected chi connectivity index (χ1v) is 8.80. The SMILES string of the molecule is COCCOc1ccc(CNC(=O)c2ccc(OCC(=O)OC)c(OC)c2)cn1. The molecule has 0 aliphatic carbocycles. The van der Waals surface area contributed by atoms with Gasteiger partial charge in [0.1, 0.15) is 6.61 Å². The van der Waals surface area contributed by atoms with Crippen LogP contribution in [0.2, 0.25) is 0 Å². The summed E-state index contributed by atoms with van der Waals surface area (Å²) in [7, 11) is 4.32. The average molecular weight is 404 g/mol. The minimum Gasteiger partial charge on any atom is -0.493 e. The Balaban J connectivity index is 1.92. The number of hydrogen-bond donors (Lipinski definition) is 1. The van der Waals surface area contributed by atoms with Crippen molar-refractivity contribution in [3.8, 4) is 17.4 Å². The van der Waals surface area contributed by atoms with Crippen LogP contribution >= 0.6 is 0 Å². The number of carbonyl (C=O) groups is 2. The fourth-order valence-electron chi connectivity index (χ4n) is 2.24. The van der Waals surface area contributed by atoms with Crippen LogP contribution in [-0.4, -0.2) is 58.0 Å². The molecule has 0 spiro atoms. The zero-order valence-electron chi connectivity index (χ0n) is 16.6. The lowest BCUT2D eigenvalue weighted by Crippen LogP contribution is -2.23. The van der Waals surface area contributed by atoms with Gasteiger partial charge in [-0.2, -0.15) is 0 Å². The molecule has 0 fully saturated rings. The minimum atomic E-state index is -0.516. The highest BCUT2D eigenvalue weighted by Gasteiger charge is 2.12. The summed E-state index contributed by atoms with van der Waals surface area (Å²) in [5.41, 5.74) is 1.21. The summed E-state index contributed by atoms with van der Waals surface area (Å²) in [6, 6.07) is 8.22. The summed E-state index contributed by atoms with van der Waals surface area (Å²) in [6.45, 7) is 0.944. The molecular formula is C20H24N2O7. The third kappa shape index (κ3) is 6.96. The van der Waals surface area contributed by atoms with Crippen LogP contribution in [0, 0.1) is 0 Å². The van der Waals surface area contributed by atoms with E-state index in [4.69, 9.17) is 18.9 Å². The number of aromatic nitrogens is 1. The second-order valence-electron chi connectivity index (χ2n) is 5.76. The first-order chi connectivity index (χ1) is 14.1. The van der Waals surface area contributed by atoms with E-state index >= 15 is 0 Å². The van der Waals surface area contributed by atoms with Crippen LogP contribution in [0.5, 0.6) is 17.4 Å². The molecule has 29 heavy (non-hydrogen) atoms. The number of esters is 1. The van der Waals surface area contributed by atoms with Crippen LogP contribution in [-0.2, 0) is 20.8 Å². The van der Waals surface area contributed by atoms with Gasteiger partial charge in [-0.3, -0.25) is 4.79 Å². The van der Waals surface area contributed by atoms with Crippen LogP contribution in [0.1, 0.15) is 15.9 Å². The maximum Gasteiger partial charge on any atom is 0.343 e. The second kappa shape index (κ2) is 11.5. The van der Waals surface area contributed by atoms with E-state index in [0.29, 0.717) is 42.7 Å². The molecule has 2 rings (SSSR count). The number of pyridine rings is 1. The number of methoxy groups -OCH3 is 3. The van der Waals surface area contributed by atoms with Crippen molar-refractivity contribution < 1.29 is 33.3 Å². The smallest absolute Gasteiger partial charge is 0.343 e. The van der Waals surface area contributed by atoms with E-state index in [1.54, 1.807) is 31.5 Å². The van der Waals surface area contributed by atoms with Crippen molar-refractivity contribution in [1.29, 1.82) is 0 Å². The quantitative estimate of drug-likeness (QED) is 0.445. The number of amides is 1. The van der Waals surface area contributed by atoms with Gasteiger partial charge in [0.05, 0.1) is 20.8 Å². The summed E-state index contributed by atoms with van der Waals surface area (Å²) in [5, 5.41) is 2.81. The Morgan fingerprint density at radius 2 is 1.83 bits per heavy atom. The Labute approximate surface area is 168 Å². The predicted molar refractivity (Wildman–Crippen MR) is 103 cm³/mol. The van der Waals surface area contributed by atoms with Gasteiger partial charge in [-0.15, -0.1) is 0 Å². The largest absolute Gasteiger partial charge is 0.493 e. The summed E-state index contributed by atoms with van der Waals surface area (Å²) in [5.74, 6) is 0.355. The monoisotopic (exact) mass is 404 g/mol. The standard InChI is InChI=1S/C20H24N2O7/c1-25-8-9-28-18-7-4-14(11-21-18)12-22-20(24)15-5-6-16(17(10-15)26-2)29-13-19(23)27-3/h4-7,10-11H,8-9,12-13H2,1-3H3,(H,22,24). The maximum atomic E-state index is 12.4. The molecule has 0 unspecified atom stereocenters. The van der Waals surface area contributed by atoms with Crippen LogP contribution in [0.25, 0.3) is 0 Å². The Morgan fingerprint density at radius 3 is 2.48 bits per heavy atom. The maximum absolute atomic E-state index is 12.4. The number of ether oxygens (including phenoxy) is 5. The number of hydrogen-bond acceptors (Lipinski definition) is 8. The number of rotatable bonds is 11. The molecule has 1 heterocycles. The highest BCUT2D eigenvalue weighted by molar-refractivity contribution is 5.94. The Kier molecular flexibility index (Phi) is 8.71. The van der Waals surface area contributed by atoms with Crippen LogP contribution in [0.3, 0.4) is 0 Å². The lowest BCUT2D eigenvalue weighted by molar-refractivity contribution is -0.142. The lowest BCUT2D eigenvalue weighted by atomic mass is 10.2. The Bertz CT molecular complexity index is 809. The van der Waals surface area contributed by atoms with Gasteiger partial charge in [-0.05, 0) is 23.8 Å². The molecule has 0 atom stereocenters. The van der Waals surface area contributed by atoms with E-state index in [9.17, 15) is 9.59 Å². The minimum absolute atomic E-state index is 0.253. The van der Waals surface area contributed by atoms with Gasteiger partial charge in [0, 0.05) is 31.5 Å². The number of nitrogens with zero attached hydrogens (tertiary/aromatic N) is 1. The molecular weight excluding hydrogens is 380 g/mol. The van der Waals surface area contributed by atoms with Crippen LogP contribution in [0.15, 0.2) is 36.5 Å². The highest BCUT2D eigenvalue weighted by atomic mass is 16.6. The number of benzene rings is 1. The molecule has 0 saturated carbocycles. The van der Waals surface area contributed by atoms with E-state index < -0.39 is 5.97 Å². The van der Waals surface area contributed by atoms with Gasteiger partial charge in [-0.25, -0.2) is 9.78 Å². The van der Waals surface area contributed by atoms with E-state index in [-0.39, 0.29) is 12.5 Å². The Hall–Kier alpha value is -3.33. The normalized spacial score (nSPS) is 10.2. The molecule has 1 aromatic heterocycles. The molecule has 9 nitrogen and oxygen atoms in total. The summed E-state index contributed by atoms with van der Waals surface area (Å²) in [4.78, 5) is 27.8. The van der Waals surface area contributed by atoms with Crippen molar-refractivity contribution in [2.75, 3.05) is 41.2 Å². The molecule has 1 aromatic carbocycles. The van der Waals surface area contributed by atoms with Crippen molar-refractivity contribution in [3.05, 3.63) is 47.7 Å². The first-order valence-electron chi connectivity index (χ1n) is 8.80. The predicted octanol–water partition coefficient (Wildman–Crippen LogP) is 1.60. The third-order valence-corrected chi connectivity index (χ3v) is 3.79. The average Bonchev–Trinajstić information content (AvgIpc) is 2.76. The third-order valence-electron chi connectivity index (χ3n) is 3.79. The van der Waals surface area contributed by atoms with Gasteiger partial charge >= 0.3 is 5.97 Å². The molecule has 1 amide bonds. The fourth-order valence-corrected chi connectivity index (χ4v) is 2.24. The van der Waals surface area contributed by atoms with Gasteiger partial charge in [0.2, 0.25) is 5.88 Å². The first kappa shape index (κ1) is 22.0. The van der Waals surface area contributed by atoms with Crippen molar-refractivity contribution in [3.63, 3.8) is 0 Å². The molecule has 0 bridgehead atoms. The molecule has 156 valence electrons. The van der Waals surface area contributed by atoms with E-state index in [1.165, 1.54) is 20.3 Å². The molecule has 0 aliphatic heterocycles. The number of nitrogens with one attached hydrogen (secondary N) is 1. The molecule has 0 radical (unpaired) electrons. The van der Waals surface area contributed by atoms with Crippen LogP contribution < -0.4 is 19.5 Å². The van der Waals surface area contributed by atoms with Crippen molar-refractivity contribution in [2.45, 2.75) is 6.54 Å². The van der Waals surface area contributed by atoms with E-state index in [0.717, 1.165) is 5.56 Å². The van der Waals surface area contributed by atoms with E-state index in [1.807, 2.05) is 6.07 Å². The zero-order valence-corrected chi connectivity index (χ0v) is 16.6. The Morgan fingerprint density at radius 1 is 1.00 bits per heavy atom. The van der Waals surface area contributed by atoms with Crippen LogP contribution in [0.4, 0.5) is 0 Å². The van der Waals surface area contributed by atoms with Crippen molar-refractivity contribution >= 4 is 11.9 Å². The molecule has 0 aliphatic rings. The molecule has 1 N–H and O–H groups in total. The van der Waals surface area contributed by atoms with Gasteiger partial charge in [0.15, 0.2) is 18.1 Å². The highest BCUT2D eigenvalue weighted by Crippen LogP contribution is 2.28. The fraction of sp³-hybridized carbons (Fsp3) is 0.350. The summed E-state index contributed by atoms with van der Waals surface area (Å²) in [6.07, 6.45) is 1.63. The van der Waals surface area contributed by atoms with Crippen molar-refractivity contribution in [2.24, 2.45) is 0 Å². The van der Waals surface area contributed by atoms with Crippen molar-refractivity contribution in [1.82, 2.24) is 10.3 Å². The van der Waals surface area contributed by atoms with Gasteiger partial charge in [-0.1, -0.05) is 6.07 Å². The zero-order chi connectivity index (χ0) is 21.1. The second-order valence-corrected chi connectivity index (χ2v) is 5.76. The topological polar surface area (TPSA) is 105 Å². The lowest BCUT2D eigenvalue weighted by Gasteiger charge is -2.12. The molecule has 2 aromatic rings. The number of carbonyl (C=O) groups excluding carboxylic acids is 2. The summed E-state index contributed by atoms with van der Waals surface area (Å²) < 4.78 is 25.4. The van der Waals surface area contributed by atoms with Gasteiger partial charge in [0.25, 0.3) is 5.91 Å². The molecule has 9 heteroatoms. The van der Waals surface area contributed by atoms with E-state index in [2.05, 4.69) is 15.0 Å². The van der Waals surface area contributed by atoms with Gasteiger partial charge < -0.3 is 29.0 Å². The molecule has 0 saturated heterocycles. The summed E-state index contributed by atoms with van der Waals surface area (Å²) >= 11 is 0.